The zero-order valence-corrected chi connectivity index (χ0v) is 17.7. The van der Waals surface area contributed by atoms with Crippen molar-refractivity contribution in [3.05, 3.63) is 29.8 Å². The Bertz CT molecular complexity index is 769. The maximum atomic E-state index is 12.5. The molecule has 0 spiro atoms. The molecule has 0 N–H and O–H groups in total. The fourth-order valence-corrected chi connectivity index (χ4v) is 4.24. The lowest BCUT2D eigenvalue weighted by molar-refractivity contribution is -0.130. The van der Waals surface area contributed by atoms with Crippen molar-refractivity contribution in [3.63, 3.8) is 0 Å². The normalized spacial score (nSPS) is 20.7. The molecule has 1 amide bonds. The average molecular weight is 388 g/mol. The maximum Gasteiger partial charge on any atom is 0.277 e. The van der Waals surface area contributed by atoms with Crippen molar-refractivity contribution in [2.75, 3.05) is 18.8 Å². The van der Waals surface area contributed by atoms with Crippen molar-refractivity contribution >= 4 is 17.7 Å². The van der Waals surface area contributed by atoms with Crippen LogP contribution in [0.5, 0.6) is 0 Å². The summed E-state index contributed by atoms with van der Waals surface area (Å²) in [6.07, 6.45) is 1.19. The van der Waals surface area contributed by atoms with Gasteiger partial charge in [0.1, 0.15) is 0 Å². The van der Waals surface area contributed by atoms with Crippen LogP contribution in [0.4, 0.5) is 0 Å². The van der Waals surface area contributed by atoms with Gasteiger partial charge in [-0.25, -0.2) is 0 Å². The molecule has 2 heterocycles. The molecule has 0 unspecified atom stereocenters. The van der Waals surface area contributed by atoms with E-state index in [1.165, 1.54) is 23.7 Å². The number of aromatic nitrogens is 2. The monoisotopic (exact) mass is 387 g/mol. The number of thioether (sulfide) groups is 1. The van der Waals surface area contributed by atoms with E-state index in [0.717, 1.165) is 18.7 Å². The minimum absolute atomic E-state index is 0.109. The lowest BCUT2D eigenvalue weighted by atomic mass is 9.87. The zero-order chi connectivity index (χ0) is 19.6. The Labute approximate surface area is 165 Å². The minimum atomic E-state index is 0.109. The highest BCUT2D eigenvalue weighted by atomic mass is 32.2. The summed E-state index contributed by atoms with van der Waals surface area (Å²) in [6, 6.07) is 8.19. The Balaban J connectivity index is 1.59. The molecule has 1 aliphatic heterocycles. The van der Waals surface area contributed by atoms with Crippen LogP contribution in [0.1, 0.15) is 46.6 Å². The topological polar surface area (TPSA) is 59.2 Å². The third kappa shape index (κ3) is 5.12. The number of hydrogen-bond donors (Lipinski definition) is 0. The third-order valence-electron chi connectivity index (χ3n) is 4.95. The molecule has 0 saturated carbocycles. The number of carbonyl (C=O) groups excluding carboxylic acids is 1. The Morgan fingerprint density at radius 2 is 1.78 bits per heavy atom. The van der Waals surface area contributed by atoms with Crippen molar-refractivity contribution in [1.29, 1.82) is 0 Å². The zero-order valence-electron chi connectivity index (χ0n) is 16.9. The van der Waals surface area contributed by atoms with Gasteiger partial charge in [0.05, 0.1) is 5.75 Å². The molecular weight excluding hydrogens is 358 g/mol. The Hall–Kier alpha value is -1.82. The van der Waals surface area contributed by atoms with Crippen LogP contribution in [0.3, 0.4) is 0 Å². The van der Waals surface area contributed by atoms with E-state index in [-0.39, 0.29) is 11.3 Å². The predicted octanol–water partition coefficient (Wildman–Crippen LogP) is 4.63. The second-order valence-electron chi connectivity index (χ2n) is 8.73. The van der Waals surface area contributed by atoms with Crippen LogP contribution < -0.4 is 0 Å². The smallest absolute Gasteiger partial charge is 0.277 e. The fraction of sp³-hybridized carbons (Fsp3) is 0.571. The molecule has 2 atom stereocenters. The molecule has 1 aliphatic rings. The number of likely N-dealkylation sites (tertiary alicyclic amines) is 1. The number of carbonyl (C=O) groups is 1. The minimum Gasteiger partial charge on any atom is -0.411 e. The van der Waals surface area contributed by atoms with Gasteiger partial charge < -0.3 is 9.32 Å². The standard InChI is InChI=1S/C21H29N3O2S/c1-14-10-15(2)12-24(11-14)18(25)13-27-20-23-22-19(26-20)16-6-8-17(9-7-16)21(3,4)5/h6-9,14-15H,10-13H2,1-5H3/t14-,15-/m1/s1. The Morgan fingerprint density at radius 1 is 1.15 bits per heavy atom. The molecule has 0 radical (unpaired) electrons. The van der Waals surface area contributed by atoms with Gasteiger partial charge in [-0.3, -0.25) is 4.79 Å². The van der Waals surface area contributed by atoms with E-state index in [2.05, 4.69) is 56.9 Å². The van der Waals surface area contributed by atoms with Gasteiger partial charge in [0.25, 0.3) is 5.22 Å². The molecule has 6 heteroatoms. The fourth-order valence-electron chi connectivity index (χ4n) is 3.58. The van der Waals surface area contributed by atoms with Crippen LogP contribution in [0.15, 0.2) is 33.9 Å². The first kappa shape index (κ1) is 19.9. The van der Waals surface area contributed by atoms with E-state index in [9.17, 15) is 4.79 Å². The van der Waals surface area contributed by atoms with Gasteiger partial charge in [-0.2, -0.15) is 0 Å². The molecule has 1 aromatic carbocycles. The predicted molar refractivity (Wildman–Crippen MR) is 109 cm³/mol. The van der Waals surface area contributed by atoms with Crippen LogP contribution in [-0.4, -0.2) is 39.8 Å². The van der Waals surface area contributed by atoms with E-state index < -0.39 is 0 Å². The summed E-state index contributed by atoms with van der Waals surface area (Å²) < 4.78 is 5.75. The highest BCUT2D eigenvalue weighted by molar-refractivity contribution is 7.99. The largest absolute Gasteiger partial charge is 0.411 e. The first-order chi connectivity index (χ1) is 12.7. The first-order valence-electron chi connectivity index (χ1n) is 9.57. The van der Waals surface area contributed by atoms with Crippen molar-refractivity contribution < 1.29 is 9.21 Å². The van der Waals surface area contributed by atoms with Crippen LogP contribution >= 0.6 is 11.8 Å². The van der Waals surface area contributed by atoms with Crippen molar-refractivity contribution in [1.82, 2.24) is 15.1 Å². The van der Waals surface area contributed by atoms with Gasteiger partial charge in [-0.1, -0.05) is 58.5 Å². The molecule has 3 rings (SSSR count). The molecule has 2 aromatic rings. The second kappa shape index (κ2) is 8.05. The van der Waals surface area contributed by atoms with Gasteiger partial charge >= 0.3 is 0 Å². The third-order valence-corrected chi connectivity index (χ3v) is 5.75. The molecule has 27 heavy (non-hydrogen) atoms. The van der Waals surface area contributed by atoms with Crippen LogP contribution in [0, 0.1) is 11.8 Å². The van der Waals surface area contributed by atoms with E-state index in [4.69, 9.17) is 4.42 Å². The number of hydrogen-bond acceptors (Lipinski definition) is 5. The summed E-state index contributed by atoms with van der Waals surface area (Å²) in [5.74, 6) is 2.10. The lowest BCUT2D eigenvalue weighted by Crippen LogP contribution is -2.43. The molecule has 1 saturated heterocycles. The number of piperidine rings is 1. The first-order valence-corrected chi connectivity index (χ1v) is 10.6. The van der Waals surface area contributed by atoms with Gasteiger partial charge in [-0.15, -0.1) is 10.2 Å². The SMILES string of the molecule is C[C@@H]1C[C@@H](C)CN(C(=O)CSc2nnc(-c3ccc(C(C)(C)C)cc3)o2)C1. The van der Waals surface area contributed by atoms with Gasteiger partial charge in [0.15, 0.2) is 0 Å². The highest BCUT2D eigenvalue weighted by Gasteiger charge is 2.25. The van der Waals surface area contributed by atoms with Crippen LogP contribution in [0.25, 0.3) is 11.5 Å². The lowest BCUT2D eigenvalue weighted by Gasteiger charge is -2.34. The van der Waals surface area contributed by atoms with Crippen molar-refractivity contribution in [2.24, 2.45) is 11.8 Å². The molecule has 0 bridgehead atoms. The average Bonchev–Trinajstić information content (AvgIpc) is 3.07. The molecule has 5 nitrogen and oxygen atoms in total. The summed E-state index contributed by atoms with van der Waals surface area (Å²) in [7, 11) is 0. The second-order valence-corrected chi connectivity index (χ2v) is 9.66. The number of amides is 1. The molecule has 0 aliphatic carbocycles. The molecular formula is C21H29N3O2S. The Morgan fingerprint density at radius 3 is 2.37 bits per heavy atom. The highest BCUT2D eigenvalue weighted by Crippen LogP contribution is 2.28. The number of rotatable bonds is 4. The number of nitrogens with zero attached hydrogens (tertiary/aromatic N) is 3. The summed E-state index contributed by atoms with van der Waals surface area (Å²) in [5.41, 5.74) is 2.27. The summed E-state index contributed by atoms with van der Waals surface area (Å²) >= 11 is 1.32. The van der Waals surface area contributed by atoms with Crippen molar-refractivity contribution in [2.45, 2.75) is 51.7 Å². The number of benzene rings is 1. The Kier molecular flexibility index (Phi) is 5.94. The van der Waals surface area contributed by atoms with Gasteiger partial charge in [0.2, 0.25) is 11.8 Å². The summed E-state index contributed by atoms with van der Waals surface area (Å²) in [6.45, 7) is 12.7. The maximum absolute atomic E-state index is 12.5. The van der Waals surface area contributed by atoms with E-state index in [1.807, 2.05) is 17.0 Å². The quantitative estimate of drug-likeness (QED) is 0.716. The van der Waals surface area contributed by atoms with E-state index in [1.54, 1.807) is 0 Å². The van der Waals surface area contributed by atoms with Crippen LogP contribution in [-0.2, 0) is 10.2 Å². The molecule has 146 valence electrons. The summed E-state index contributed by atoms with van der Waals surface area (Å²) in [5, 5.41) is 8.66. The van der Waals surface area contributed by atoms with Crippen LogP contribution in [0.2, 0.25) is 0 Å². The van der Waals surface area contributed by atoms with Gasteiger partial charge in [-0.05, 0) is 41.4 Å². The van der Waals surface area contributed by atoms with Crippen molar-refractivity contribution in [3.8, 4) is 11.5 Å². The van der Waals surface area contributed by atoms with E-state index >= 15 is 0 Å². The molecule has 1 fully saturated rings. The summed E-state index contributed by atoms with van der Waals surface area (Å²) in [4.78, 5) is 14.5. The molecule has 1 aromatic heterocycles. The van der Waals surface area contributed by atoms with Gasteiger partial charge in [0, 0.05) is 18.7 Å². The van der Waals surface area contributed by atoms with E-state index in [0.29, 0.717) is 28.7 Å².